The third-order valence-electron chi connectivity index (χ3n) is 5.25. The molecular weight excluding hydrogens is 488 g/mol. The van der Waals surface area contributed by atoms with Gasteiger partial charge in [0.1, 0.15) is 18.1 Å². The molecule has 0 saturated carbocycles. The van der Waals surface area contributed by atoms with Gasteiger partial charge in [0.2, 0.25) is 23.6 Å². The fourth-order valence-corrected chi connectivity index (χ4v) is 3.32. The van der Waals surface area contributed by atoms with Gasteiger partial charge >= 0.3 is 11.9 Å². The number of carbonyl (C=O) groups is 6. The summed E-state index contributed by atoms with van der Waals surface area (Å²) in [7, 11) is 0. The average molecular weight is 523 g/mol. The molecule has 0 spiro atoms. The minimum absolute atomic E-state index is 0.0384. The lowest BCUT2D eigenvalue weighted by molar-refractivity contribution is -0.142. The van der Waals surface area contributed by atoms with Gasteiger partial charge in [-0.3, -0.25) is 24.0 Å². The molecule has 1 aromatic carbocycles. The number of rotatable bonds is 17. The van der Waals surface area contributed by atoms with Gasteiger partial charge in [-0.2, -0.15) is 0 Å². The van der Waals surface area contributed by atoms with Gasteiger partial charge in [0.25, 0.3) is 0 Å². The molecule has 1 rings (SSSR count). The molecule has 0 aliphatic carbocycles. The standard InChI is InChI=1S/C23H34N6O8/c24-9-5-4-8-15(23(36)37)27-21(34)16(10-13-6-2-1-3-7-13)29-22(35)17(12-18(26)30)28-20(33)14(25)11-19(31)32/h1-3,6-7,14-17H,4-5,8-12,24-25H2,(H2,26,30)(H,27,34)(H,28,33)(H,29,35)(H,31,32)(H,36,37). The van der Waals surface area contributed by atoms with Crippen LogP contribution in [0.25, 0.3) is 0 Å². The van der Waals surface area contributed by atoms with Gasteiger partial charge in [0.05, 0.1) is 18.9 Å². The number of unbranched alkanes of at least 4 members (excludes halogenated alkanes) is 1. The van der Waals surface area contributed by atoms with Crippen molar-refractivity contribution in [1.82, 2.24) is 16.0 Å². The second-order valence-electron chi connectivity index (χ2n) is 8.37. The van der Waals surface area contributed by atoms with Gasteiger partial charge in [-0.25, -0.2) is 4.79 Å². The second-order valence-corrected chi connectivity index (χ2v) is 8.37. The SMILES string of the molecule is NCCCCC(NC(=O)C(Cc1ccccc1)NC(=O)C(CC(N)=O)NC(=O)C(N)CC(=O)O)C(=O)O. The topological polar surface area (TPSA) is 257 Å². The number of carboxylic acid groups (broad SMARTS) is 2. The van der Waals surface area contributed by atoms with E-state index in [0.29, 0.717) is 24.9 Å². The van der Waals surface area contributed by atoms with Crippen molar-refractivity contribution in [3.05, 3.63) is 35.9 Å². The Balaban J connectivity index is 3.10. The predicted octanol–water partition coefficient (Wildman–Crippen LogP) is -2.43. The summed E-state index contributed by atoms with van der Waals surface area (Å²) in [6.45, 7) is 0.357. The van der Waals surface area contributed by atoms with Gasteiger partial charge < -0.3 is 43.4 Å². The number of carbonyl (C=O) groups excluding carboxylic acids is 4. The highest BCUT2D eigenvalue weighted by Crippen LogP contribution is 2.07. The van der Waals surface area contributed by atoms with Crippen LogP contribution in [0.15, 0.2) is 30.3 Å². The number of carboxylic acids is 2. The highest BCUT2D eigenvalue weighted by Gasteiger charge is 2.31. The van der Waals surface area contributed by atoms with Crippen LogP contribution in [-0.2, 0) is 35.2 Å². The Bertz CT molecular complexity index is 958. The van der Waals surface area contributed by atoms with Crippen molar-refractivity contribution in [3.8, 4) is 0 Å². The molecule has 0 aliphatic rings. The van der Waals surface area contributed by atoms with Gasteiger partial charge in [0, 0.05) is 6.42 Å². The fourth-order valence-electron chi connectivity index (χ4n) is 3.32. The van der Waals surface area contributed by atoms with E-state index in [1.807, 2.05) is 0 Å². The molecule has 204 valence electrons. The summed E-state index contributed by atoms with van der Waals surface area (Å²) >= 11 is 0. The molecule has 37 heavy (non-hydrogen) atoms. The molecule has 0 heterocycles. The van der Waals surface area contributed by atoms with Crippen LogP contribution in [0, 0.1) is 0 Å². The molecule has 4 amide bonds. The lowest BCUT2D eigenvalue weighted by atomic mass is 10.0. The molecule has 0 radical (unpaired) electrons. The smallest absolute Gasteiger partial charge is 0.326 e. The number of amides is 4. The number of hydrogen-bond donors (Lipinski definition) is 8. The van der Waals surface area contributed by atoms with Crippen LogP contribution in [0.2, 0.25) is 0 Å². The number of benzene rings is 1. The van der Waals surface area contributed by atoms with E-state index >= 15 is 0 Å². The summed E-state index contributed by atoms with van der Waals surface area (Å²) in [4.78, 5) is 72.3. The molecule has 14 nitrogen and oxygen atoms in total. The molecule has 0 bridgehead atoms. The predicted molar refractivity (Wildman–Crippen MR) is 131 cm³/mol. The summed E-state index contributed by atoms with van der Waals surface area (Å²) in [5.74, 6) is -6.36. The van der Waals surface area contributed by atoms with Gasteiger partial charge in [-0.1, -0.05) is 30.3 Å². The van der Waals surface area contributed by atoms with Crippen molar-refractivity contribution in [2.24, 2.45) is 17.2 Å². The first kappa shape index (κ1) is 31.0. The molecular formula is C23H34N6O8. The first-order valence-electron chi connectivity index (χ1n) is 11.6. The Hall–Kier alpha value is -4.04. The second kappa shape index (κ2) is 15.9. The van der Waals surface area contributed by atoms with Crippen LogP contribution < -0.4 is 33.2 Å². The summed E-state index contributed by atoms with van der Waals surface area (Å²) in [6, 6.07) is 2.96. The number of primary amides is 1. The zero-order valence-electron chi connectivity index (χ0n) is 20.2. The summed E-state index contributed by atoms with van der Waals surface area (Å²) in [5.41, 5.74) is 16.8. The Labute approximate surface area is 213 Å². The van der Waals surface area contributed by atoms with E-state index in [0.717, 1.165) is 0 Å². The number of aliphatic carboxylic acids is 2. The highest BCUT2D eigenvalue weighted by molar-refractivity contribution is 5.96. The normalized spacial score (nSPS) is 13.9. The summed E-state index contributed by atoms with van der Waals surface area (Å²) < 4.78 is 0. The lowest BCUT2D eigenvalue weighted by Crippen LogP contribution is -2.58. The van der Waals surface area contributed by atoms with Gasteiger partial charge in [-0.05, 0) is 31.4 Å². The quantitative estimate of drug-likeness (QED) is 0.100. The van der Waals surface area contributed by atoms with E-state index in [9.17, 15) is 33.9 Å². The lowest BCUT2D eigenvalue weighted by Gasteiger charge is -2.25. The van der Waals surface area contributed by atoms with Crippen molar-refractivity contribution >= 4 is 35.6 Å². The van der Waals surface area contributed by atoms with E-state index in [1.54, 1.807) is 30.3 Å². The summed E-state index contributed by atoms with van der Waals surface area (Å²) in [6.07, 6.45) is -0.297. The van der Waals surface area contributed by atoms with Crippen LogP contribution in [0.5, 0.6) is 0 Å². The van der Waals surface area contributed by atoms with Crippen LogP contribution in [0.4, 0.5) is 0 Å². The van der Waals surface area contributed by atoms with E-state index in [2.05, 4.69) is 16.0 Å². The van der Waals surface area contributed by atoms with E-state index in [1.165, 1.54) is 0 Å². The number of nitrogens with one attached hydrogen (secondary N) is 3. The fraction of sp³-hybridized carbons (Fsp3) is 0.478. The first-order valence-corrected chi connectivity index (χ1v) is 11.6. The van der Waals surface area contributed by atoms with Crippen molar-refractivity contribution in [2.75, 3.05) is 6.54 Å². The molecule has 4 unspecified atom stereocenters. The van der Waals surface area contributed by atoms with E-state index < -0.39 is 72.6 Å². The van der Waals surface area contributed by atoms with Gasteiger partial charge in [0.15, 0.2) is 0 Å². The van der Waals surface area contributed by atoms with Crippen molar-refractivity contribution < 1.29 is 39.0 Å². The number of hydrogen-bond acceptors (Lipinski definition) is 8. The third kappa shape index (κ3) is 12.0. The minimum Gasteiger partial charge on any atom is -0.481 e. The molecule has 11 N–H and O–H groups in total. The van der Waals surface area contributed by atoms with Gasteiger partial charge in [-0.15, -0.1) is 0 Å². The molecule has 4 atom stereocenters. The Morgan fingerprint density at radius 1 is 0.784 bits per heavy atom. The highest BCUT2D eigenvalue weighted by atomic mass is 16.4. The molecule has 1 aromatic rings. The van der Waals surface area contributed by atoms with Crippen molar-refractivity contribution in [3.63, 3.8) is 0 Å². The molecule has 14 heteroatoms. The third-order valence-corrected chi connectivity index (χ3v) is 5.25. The van der Waals surface area contributed by atoms with Crippen LogP contribution >= 0.6 is 0 Å². The molecule has 0 fully saturated rings. The van der Waals surface area contributed by atoms with E-state index in [-0.39, 0.29) is 12.8 Å². The number of nitrogens with two attached hydrogens (primary N) is 3. The maximum atomic E-state index is 13.0. The average Bonchev–Trinajstić information content (AvgIpc) is 2.82. The Morgan fingerprint density at radius 2 is 1.35 bits per heavy atom. The Morgan fingerprint density at radius 3 is 1.89 bits per heavy atom. The maximum absolute atomic E-state index is 13.0. The summed E-state index contributed by atoms with van der Waals surface area (Å²) in [5, 5.41) is 25.3. The molecule has 0 aromatic heterocycles. The molecule has 0 aliphatic heterocycles. The first-order chi connectivity index (χ1) is 17.4. The molecule has 0 saturated heterocycles. The zero-order chi connectivity index (χ0) is 28.0. The Kier molecular flexibility index (Phi) is 13.3. The zero-order valence-corrected chi connectivity index (χ0v) is 20.2. The minimum atomic E-state index is -1.56. The van der Waals surface area contributed by atoms with E-state index in [4.69, 9.17) is 22.3 Å². The van der Waals surface area contributed by atoms with Crippen molar-refractivity contribution in [2.45, 2.75) is 62.7 Å². The monoisotopic (exact) mass is 522 g/mol. The van der Waals surface area contributed by atoms with Crippen LogP contribution in [-0.4, -0.2) is 76.5 Å². The van der Waals surface area contributed by atoms with Crippen LogP contribution in [0.1, 0.15) is 37.7 Å². The van der Waals surface area contributed by atoms with Crippen LogP contribution in [0.3, 0.4) is 0 Å². The largest absolute Gasteiger partial charge is 0.481 e. The van der Waals surface area contributed by atoms with Crippen molar-refractivity contribution in [1.29, 1.82) is 0 Å². The maximum Gasteiger partial charge on any atom is 0.326 e.